The molecule has 1 unspecified atom stereocenters. The van der Waals surface area contributed by atoms with Crippen molar-refractivity contribution in [1.29, 1.82) is 0 Å². The molecule has 0 saturated heterocycles. The van der Waals surface area contributed by atoms with Gasteiger partial charge < -0.3 is 4.74 Å². The van der Waals surface area contributed by atoms with E-state index in [-0.39, 0.29) is 5.97 Å². The SMILES string of the molecule is C#CCNC(C(=O)OCC)c1ccc(Br)s1. The minimum atomic E-state index is -0.479. The van der Waals surface area contributed by atoms with Gasteiger partial charge in [-0.1, -0.05) is 5.92 Å². The number of carbonyl (C=O) groups is 1. The quantitative estimate of drug-likeness (QED) is 0.670. The van der Waals surface area contributed by atoms with E-state index >= 15 is 0 Å². The Bertz CT molecular complexity index is 397. The molecule has 1 heterocycles. The van der Waals surface area contributed by atoms with Crippen LogP contribution in [0, 0.1) is 12.3 Å². The van der Waals surface area contributed by atoms with E-state index in [1.54, 1.807) is 6.92 Å². The number of ether oxygens (including phenoxy) is 1. The molecule has 0 radical (unpaired) electrons. The Morgan fingerprint density at radius 3 is 3.00 bits per heavy atom. The van der Waals surface area contributed by atoms with E-state index in [2.05, 4.69) is 27.2 Å². The largest absolute Gasteiger partial charge is 0.465 e. The predicted molar refractivity (Wildman–Crippen MR) is 68.2 cm³/mol. The zero-order valence-electron chi connectivity index (χ0n) is 8.83. The number of thiophene rings is 1. The highest BCUT2D eigenvalue weighted by molar-refractivity contribution is 9.11. The van der Waals surface area contributed by atoms with Gasteiger partial charge in [0.05, 0.1) is 16.9 Å². The number of esters is 1. The average molecular weight is 302 g/mol. The third kappa shape index (κ3) is 3.63. The lowest BCUT2D eigenvalue weighted by atomic mass is 10.2. The lowest BCUT2D eigenvalue weighted by molar-refractivity contribution is -0.145. The fraction of sp³-hybridized carbons (Fsp3) is 0.364. The summed E-state index contributed by atoms with van der Waals surface area (Å²) in [5.41, 5.74) is 0. The molecule has 0 amide bonds. The van der Waals surface area contributed by atoms with Gasteiger partial charge in [-0.2, -0.15) is 0 Å². The monoisotopic (exact) mass is 301 g/mol. The molecule has 0 fully saturated rings. The van der Waals surface area contributed by atoms with Gasteiger partial charge in [-0.15, -0.1) is 17.8 Å². The lowest BCUT2D eigenvalue weighted by Crippen LogP contribution is -2.29. The molecule has 1 rings (SSSR count). The van der Waals surface area contributed by atoms with Crippen LogP contribution >= 0.6 is 27.3 Å². The van der Waals surface area contributed by atoms with Crippen LogP contribution in [0.1, 0.15) is 17.8 Å². The molecule has 1 N–H and O–H groups in total. The number of carbonyl (C=O) groups excluding carboxylic acids is 1. The number of nitrogens with one attached hydrogen (secondary N) is 1. The number of hydrogen-bond acceptors (Lipinski definition) is 4. The molecular weight excluding hydrogens is 290 g/mol. The second-order valence-corrected chi connectivity index (χ2v) is 5.41. The first-order valence-corrected chi connectivity index (χ1v) is 6.38. The Morgan fingerprint density at radius 1 is 1.75 bits per heavy atom. The van der Waals surface area contributed by atoms with Crippen molar-refractivity contribution in [2.24, 2.45) is 0 Å². The molecule has 1 aromatic heterocycles. The molecule has 3 nitrogen and oxygen atoms in total. The Kier molecular flexibility index (Phi) is 5.53. The van der Waals surface area contributed by atoms with Gasteiger partial charge >= 0.3 is 5.97 Å². The van der Waals surface area contributed by atoms with Crippen LogP contribution in [-0.4, -0.2) is 19.1 Å². The Morgan fingerprint density at radius 2 is 2.50 bits per heavy atom. The summed E-state index contributed by atoms with van der Waals surface area (Å²) < 4.78 is 5.96. The van der Waals surface area contributed by atoms with Crippen molar-refractivity contribution in [3.63, 3.8) is 0 Å². The van der Waals surface area contributed by atoms with Crippen molar-refractivity contribution in [3.05, 3.63) is 20.8 Å². The maximum absolute atomic E-state index is 11.7. The molecule has 16 heavy (non-hydrogen) atoms. The summed E-state index contributed by atoms with van der Waals surface area (Å²) in [6, 6.07) is 3.29. The molecule has 0 aromatic carbocycles. The summed E-state index contributed by atoms with van der Waals surface area (Å²) in [5.74, 6) is 2.15. The molecule has 1 aromatic rings. The molecule has 0 bridgehead atoms. The third-order valence-corrected chi connectivity index (χ3v) is 3.50. The van der Waals surface area contributed by atoms with Gasteiger partial charge in [-0.25, -0.2) is 4.79 Å². The van der Waals surface area contributed by atoms with E-state index in [0.29, 0.717) is 13.2 Å². The van der Waals surface area contributed by atoms with Gasteiger partial charge in [0, 0.05) is 4.88 Å². The zero-order chi connectivity index (χ0) is 12.0. The lowest BCUT2D eigenvalue weighted by Gasteiger charge is -2.14. The summed E-state index contributed by atoms with van der Waals surface area (Å²) in [6.07, 6.45) is 5.16. The van der Waals surface area contributed by atoms with Crippen LogP contribution < -0.4 is 5.32 Å². The maximum Gasteiger partial charge on any atom is 0.328 e. The third-order valence-electron chi connectivity index (χ3n) is 1.81. The van der Waals surface area contributed by atoms with Gasteiger partial charge in [0.25, 0.3) is 0 Å². The fourth-order valence-corrected chi connectivity index (χ4v) is 2.66. The summed E-state index contributed by atoms with van der Waals surface area (Å²) in [7, 11) is 0. The van der Waals surface area contributed by atoms with Gasteiger partial charge in [-0.3, -0.25) is 5.32 Å². The maximum atomic E-state index is 11.7. The molecule has 0 aliphatic carbocycles. The van der Waals surface area contributed by atoms with Crippen molar-refractivity contribution in [2.45, 2.75) is 13.0 Å². The molecule has 0 aliphatic heterocycles. The fourth-order valence-electron chi connectivity index (χ4n) is 1.17. The number of terminal acetylenes is 1. The molecule has 86 valence electrons. The van der Waals surface area contributed by atoms with Gasteiger partial charge in [0.15, 0.2) is 0 Å². The van der Waals surface area contributed by atoms with Crippen LogP contribution in [-0.2, 0) is 9.53 Å². The summed E-state index contributed by atoms with van der Waals surface area (Å²) in [6.45, 7) is 2.47. The van der Waals surface area contributed by atoms with Crippen molar-refractivity contribution in [2.75, 3.05) is 13.2 Å². The highest BCUT2D eigenvalue weighted by Gasteiger charge is 2.22. The Hall–Kier alpha value is -0.830. The molecular formula is C11H12BrNO2S. The first kappa shape index (κ1) is 13.2. The van der Waals surface area contributed by atoms with Gasteiger partial charge in [0.2, 0.25) is 0 Å². The highest BCUT2D eigenvalue weighted by atomic mass is 79.9. The summed E-state index contributed by atoms with van der Waals surface area (Å²) >= 11 is 4.84. The standard InChI is InChI=1S/C11H12BrNO2S/c1-3-7-13-10(11(14)15-4-2)8-5-6-9(12)16-8/h1,5-6,10,13H,4,7H2,2H3. The van der Waals surface area contributed by atoms with E-state index in [1.165, 1.54) is 11.3 Å². The number of rotatable bonds is 5. The minimum absolute atomic E-state index is 0.299. The minimum Gasteiger partial charge on any atom is -0.465 e. The molecule has 0 aliphatic rings. The van der Waals surface area contributed by atoms with Gasteiger partial charge in [-0.05, 0) is 35.0 Å². The summed E-state index contributed by atoms with van der Waals surface area (Å²) in [5, 5.41) is 2.96. The van der Waals surface area contributed by atoms with E-state index in [4.69, 9.17) is 11.2 Å². The topological polar surface area (TPSA) is 38.3 Å². The second kappa shape index (κ2) is 6.69. The first-order valence-electron chi connectivity index (χ1n) is 4.77. The predicted octanol–water partition coefficient (Wildman–Crippen LogP) is 2.34. The van der Waals surface area contributed by atoms with Crippen molar-refractivity contribution >= 4 is 33.2 Å². The molecule has 0 spiro atoms. The van der Waals surface area contributed by atoms with Crippen molar-refractivity contribution in [3.8, 4) is 12.3 Å². The van der Waals surface area contributed by atoms with Crippen LogP contribution in [0.5, 0.6) is 0 Å². The Labute approximate surface area is 107 Å². The molecule has 1 atom stereocenters. The summed E-state index contributed by atoms with van der Waals surface area (Å²) in [4.78, 5) is 12.6. The van der Waals surface area contributed by atoms with E-state index < -0.39 is 6.04 Å². The molecule has 0 saturated carbocycles. The van der Waals surface area contributed by atoms with Crippen molar-refractivity contribution < 1.29 is 9.53 Å². The number of hydrogen-bond donors (Lipinski definition) is 1. The normalized spacial score (nSPS) is 11.8. The molecule has 5 heteroatoms. The smallest absolute Gasteiger partial charge is 0.328 e. The Balaban J connectivity index is 2.79. The van der Waals surface area contributed by atoms with E-state index in [1.807, 2.05) is 12.1 Å². The average Bonchev–Trinajstić information content (AvgIpc) is 2.66. The zero-order valence-corrected chi connectivity index (χ0v) is 11.2. The van der Waals surface area contributed by atoms with E-state index in [9.17, 15) is 4.79 Å². The van der Waals surface area contributed by atoms with Crippen LogP contribution in [0.2, 0.25) is 0 Å². The van der Waals surface area contributed by atoms with Gasteiger partial charge in [0.1, 0.15) is 6.04 Å². The van der Waals surface area contributed by atoms with Crippen molar-refractivity contribution in [1.82, 2.24) is 5.32 Å². The van der Waals surface area contributed by atoms with Crippen LogP contribution in [0.25, 0.3) is 0 Å². The first-order chi connectivity index (χ1) is 7.69. The highest BCUT2D eigenvalue weighted by Crippen LogP contribution is 2.27. The van der Waals surface area contributed by atoms with Crippen LogP contribution in [0.15, 0.2) is 15.9 Å². The van der Waals surface area contributed by atoms with Crippen LogP contribution in [0.3, 0.4) is 0 Å². The van der Waals surface area contributed by atoms with E-state index in [0.717, 1.165) is 8.66 Å². The second-order valence-electron chi connectivity index (χ2n) is 2.91. The van der Waals surface area contributed by atoms with Crippen LogP contribution in [0.4, 0.5) is 0 Å². The number of halogens is 1.